The number of hydrogen-bond donors (Lipinski definition) is 1. The lowest BCUT2D eigenvalue weighted by molar-refractivity contribution is -0.129. The first-order valence-corrected chi connectivity index (χ1v) is 12.6. The molecule has 0 radical (unpaired) electrons. The second-order valence-electron chi connectivity index (χ2n) is 10.1. The minimum Gasteiger partial charge on any atom is -0.488 e. The Balaban J connectivity index is 1.43. The monoisotopic (exact) mass is 470 g/mol. The Hall–Kier alpha value is -3.31. The molecule has 35 heavy (non-hydrogen) atoms. The molecule has 2 fully saturated rings. The van der Waals surface area contributed by atoms with E-state index in [-0.39, 0.29) is 12.6 Å². The van der Waals surface area contributed by atoms with E-state index in [2.05, 4.69) is 47.4 Å². The van der Waals surface area contributed by atoms with Crippen LogP contribution in [0, 0.1) is 5.41 Å². The zero-order chi connectivity index (χ0) is 24.3. The molecule has 1 saturated heterocycles. The van der Waals surface area contributed by atoms with Gasteiger partial charge in [0.2, 0.25) is 0 Å². The summed E-state index contributed by atoms with van der Waals surface area (Å²) < 4.78 is 11.2. The van der Waals surface area contributed by atoms with Gasteiger partial charge in [0.15, 0.2) is 0 Å². The first-order chi connectivity index (χ1) is 17.0. The Morgan fingerprint density at radius 3 is 2.49 bits per heavy atom. The molecule has 1 aliphatic heterocycles. The average Bonchev–Trinajstić information content (AvgIpc) is 3.65. The third-order valence-corrected chi connectivity index (χ3v) is 7.54. The summed E-state index contributed by atoms with van der Waals surface area (Å²) in [5.74, 6) is 0.730. The highest BCUT2D eigenvalue weighted by Crippen LogP contribution is 2.54. The van der Waals surface area contributed by atoms with Crippen LogP contribution in [0.15, 0.2) is 66.7 Å². The number of ether oxygens (including phenoxy) is 2. The lowest BCUT2D eigenvalue weighted by Gasteiger charge is -2.34. The predicted molar refractivity (Wildman–Crippen MR) is 139 cm³/mol. The van der Waals surface area contributed by atoms with E-state index >= 15 is 0 Å². The first kappa shape index (κ1) is 23.4. The highest BCUT2D eigenvalue weighted by atomic mass is 16.5. The van der Waals surface area contributed by atoms with Crippen LogP contribution in [0.1, 0.15) is 55.3 Å². The van der Waals surface area contributed by atoms with Gasteiger partial charge in [0, 0.05) is 30.4 Å². The van der Waals surface area contributed by atoms with Crippen molar-refractivity contribution in [3.63, 3.8) is 0 Å². The molecular formula is C30H34N2O3. The molecule has 5 heteroatoms. The molecule has 5 nitrogen and oxygen atoms in total. The molecule has 2 aliphatic rings. The van der Waals surface area contributed by atoms with Crippen molar-refractivity contribution >= 4 is 12.2 Å². The fourth-order valence-corrected chi connectivity index (χ4v) is 5.07. The molecule has 182 valence electrons. The highest BCUT2D eigenvalue weighted by Gasteiger charge is 2.44. The van der Waals surface area contributed by atoms with Crippen molar-refractivity contribution in [2.75, 3.05) is 18.0 Å². The van der Waals surface area contributed by atoms with Gasteiger partial charge in [-0.15, -0.1) is 0 Å². The molecule has 3 aromatic rings. The first-order valence-electron chi connectivity index (χ1n) is 12.6. The highest BCUT2D eigenvalue weighted by molar-refractivity contribution is 5.70. The van der Waals surface area contributed by atoms with Gasteiger partial charge < -0.3 is 20.1 Å². The average molecular weight is 471 g/mol. The lowest BCUT2D eigenvalue weighted by atomic mass is 9.92. The van der Waals surface area contributed by atoms with Crippen LogP contribution in [0.3, 0.4) is 0 Å². The van der Waals surface area contributed by atoms with Gasteiger partial charge in [-0.1, -0.05) is 36.4 Å². The second-order valence-corrected chi connectivity index (χ2v) is 10.1. The van der Waals surface area contributed by atoms with Crippen LogP contribution in [0.2, 0.25) is 0 Å². The van der Waals surface area contributed by atoms with Gasteiger partial charge in [0.05, 0.1) is 0 Å². The van der Waals surface area contributed by atoms with Gasteiger partial charge in [0.25, 0.3) is 6.47 Å². The number of para-hydroxylation sites is 1. The molecule has 2 N–H and O–H groups in total. The Bertz CT molecular complexity index is 1180. The number of nitrogens with zero attached hydrogens (tertiary/aromatic N) is 1. The molecule has 0 aromatic heterocycles. The Morgan fingerprint density at radius 2 is 1.74 bits per heavy atom. The summed E-state index contributed by atoms with van der Waals surface area (Å²) in [6, 6.07) is 23.0. The van der Waals surface area contributed by atoms with Gasteiger partial charge in [0.1, 0.15) is 19.0 Å². The van der Waals surface area contributed by atoms with Crippen LogP contribution >= 0.6 is 0 Å². The maximum atomic E-state index is 10.7. The Morgan fingerprint density at radius 1 is 0.943 bits per heavy atom. The molecule has 0 amide bonds. The van der Waals surface area contributed by atoms with Gasteiger partial charge in [-0.3, -0.25) is 4.79 Å². The molecule has 1 saturated carbocycles. The van der Waals surface area contributed by atoms with Crippen LogP contribution in [-0.2, 0) is 22.7 Å². The third kappa shape index (κ3) is 5.51. The number of nitrogens with two attached hydrogens (primary N) is 1. The number of hydrogen-bond acceptors (Lipinski definition) is 5. The zero-order valence-corrected chi connectivity index (χ0v) is 20.4. The van der Waals surface area contributed by atoms with Crippen LogP contribution in [0.25, 0.3) is 11.1 Å². The minimum absolute atomic E-state index is 0.0113. The smallest absolute Gasteiger partial charge is 0.293 e. The van der Waals surface area contributed by atoms with E-state index in [1.165, 1.54) is 42.5 Å². The van der Waals surface area contributed by atoms with E-state index in [1.807, 2.05) is 31.2 Å². The number of carbonyl (C=O) groups excluding carboxylic acids is 1. The summed E-state index contributed by atoms with van der Waals surface area (Å²) in [4.78, 5) is 13.2. The normalized spacial score (nSPS) is 17.1. The zero-order valence-electron chi connectivity index (χ0n) is 20.4. The minimum atomic E-state index is -0.0113. The molecule has 1 spiro atoms. The molecule has 0 unspecified atom stereocenters. The fraction of sp³-hybridized carbons (Fsp3) is 0.367. The molecule has 3 aromatic carbocycles. The van der Waals surface area contributed by atoms with E-state index in [9.17, 15) is 4.79 Å². The maximum absolute atomic E-state index is 10.7. The number of rotatable bonds is 9. The summed E-state index contributed by atoms with van der Waals surface area (Å²) in [7, 11) is 0. The Labute approximate surface area is 207 Å². The topological polar surface area (TPSA) is 64.8 Å². The van der Waals surface area contributed by atoms with E-state index in [4.69, 9.17) is 15.2 Å². The van der Waals surface area contributed by atoms with E-state index in [1.54, 1.807) is 0 Å². The van der Waals surface area contributed by atoms with Gasteiger partial charge in [-0.2, -0.15) is 0 Å². The van der Waals surface area contributed by atoms with Crippen molar-refractivity contribution in [2.45, 2.75) is 51.9 Å². The molecule has 1 atom stereocenters. The molecule has 1 heterocycles. The lowest BCUT2D eigenvalue weighted by Crippen LogP contribution is -2.34. The van der Waals surface area contributed by atoms with Crippen molar-refractivity contribution in [2.24, 2.45) is 11.1 Å². The van der Waals surface area contributed by atoms with Crippen LogP contribution in [0.4, 0.5) is 5.69 Å². The summed E-state index contributed by atoms with van der Waals surface area (Å²) in [5.41, 5.74) is 13.5. The van der Waals surface area contributed by atoms with Crippen LogP contribution < -0.4 is 15.4 Å². The van der Waals surface area contributed by atoms with Crippen molar-refractivity contribution in [1.82, 2.24) is 0 Å². The van der Waals surface area contributed by atoms with E-state index < -0.39 is 0 Å². The number of piperidine rings is 1. The maximum Gasteiger partial charge on any atom is 0.293 e. The van der Waals surface area contributed by atoms with Gasteiger partial charge >= 0.3 is 0 Å². The number of benzene rings is 3. The largest absolute Gasteiger partial charge is 0.488 e. The summed E-state index contributed by atoms with van der Waals surface area (Å²) in [5, 5.41) is 0. The fourth-order valence-electron chi connectivity index (χ4n) is 5.07. The second kappa shape index (κ2) is 10.1. The molecule has 5 rings (SSSR count). The third-order valence-electron chi connectivity index (χ3n) is 7.54. The molecule has 0 bridgehead atoms. The van der Waals surface area contributed by atoms with Crippen molar-refractivity contribution in [1.29, 1.82) is 0 Å². The summed E-state index contributed by atoms with van der Waals surface area (Å²) in [6.45, 7) is 5.33. The molecule has 1 aliphatic carbocycles. The Kier molecular flexibility index (Phi) is 6.78. The van der Waals surface area contributed by atoms with Crippen molar-refractivity contribution in [3.05, 3.63) is 83.4 Å². The standard InChI is InChI=1S/C30H34N2O3/c1-22(31)24-6-4-7-25(17-24)27-15-23(19-35-29-8-3-2-5-26(29)20-34-21-33)16-28(18-27)32-13-11-30(9-10-30)12-14-32/h2-8,15-18,21-22H,9-14,19-20,31H2,1H3/t22-/m0/s1. The van der Waals surface area contributed by atoms with Crippen molar-refractivity contribution < 1.29 is 14.3 Å². The summed E-state index contributed by atoms with van der Waals surface area (Å²) >= 11 is 0. The number of carbonyl (C=O) groups is 1. The SMILES string of the molecule is C[C@H](N)c1cccc(-c2cc(COc3ccccc3COC=O)cc(N3CCC4(CC3)CC4)c2)c1. The van der Waals surface area contributed by atoms with Crippen LogP contribution in [0.5, 0.6) is 5.75 Å². The predicted octanol–water partition coefficient (Wildman–Crippen LogP) is 6.01. The van der Waals surface area contributed by atoms with Gasteiger partial charge in [-0.05, 0) is 90.6 Å². The van der Waals surface area contributed by atoms with Crippen LogP contribution in [-0.4, -0.2) is 19.6 Å². The van der Waals surface area contributed by atoms with Crippen molar-refractivity contribution in [3.8, 4) is 16.9 Å². The van der Waals surface area contributed by atoms with E-state index in [0.29, 0.717) is 18.5 Å². The number of anilines is 1. The molecular weight excluding hydrogens is 436 g/mol. The quantitative estimate of drug-likeness (QED) is 0.388. The van der Waals surface area contributed by atoms with Gasteiger partial charge in [-0.25, -0.2) is 0 Å². The summed E-state index contributed by atoms with van der Waals surface area (Å²) in [6.07, 6.45) is 5.37. The van der Waals surface area contributed by atoms with E-state index in [0.717, 1.165) is 35.5 Å².